The number of nitrogens with one attached hydrogen (secondary N) is 1. The molecule has 0 amide bonds. The van der Waals surface area contributed by atoms with Crippen LogP contribution in [-0.4, -0.2) is 33.6 Å². The molecule has 0 aromatic carbocycles. The summed E-state index contributed by atoms with van der Waals surface area (Å²) in [5.41, 5.74) is 2.40. The highest BCUT2D eigenvalue weighted by atomic mass is 16.5. The molecule has 96 valence electrons. The smallest absolute Gasteiger partial charge is 0.252 e. The van der Waals surface area contributed by atoms with Gasteiger partial charge in [-0.2, -0.15) is 10.2 Å². The van der Waals surface area contributed by atoms with Crippen molar-refractivity contribution < 1.29 is 4.74 Å². The number of nitrogens with zero attached hydrogens (tertiary/aromatic N) is 5. The standard InChI is InChI=1S/C12H12N6O/c1-19-12-9(4-13)14-5-11(17-12)18-3-2-8-10(6-18)16-7-15-8/h5,7H,2-3,6H2,1H3,(H,15,16). The van der Waals surface area contributed by atoms with Crippen molar-refractivity contribution in [2.75, 3.05) is 18.6 Å². The van der Waals surface area contributed by atoms with Gasteiger partial charge in [-0.1, -0.05) is 0 Å². The lowest BCUT2D eigenvalue weighted by atomic mass is 10.1. The van der Waals surface area contributed by atoms with Crippen LogP contribution in [0.3, 0.4) is 0 Å². The Bertz CT molecular complexity index is 644. The second kappa shape index (κ2) is 4.57. The van der Waals surface area contributed by atoms with E-state index in [1.165, 1.54) is 7.11 Å². The lowest BCUT2D eigenvalue weighted by Gasteiger charge is -2.27. The fraction of sp³-hybridized carbons (Fsp3) is 0.333. The quantitative estimate of drug-likeness (QED) is 0.848. The monoisotopic (exact) mass is 256 g/mol. The van der Waals surface area contributed by atoms with E-state index < -0.39 is 0 Å². The van der Waals surface area contributed by atoms with E-state index in [2.05, 4.69) is 24.8 Å². The fourth-order valence-electron chi connectivity index (χ4n) is 2.14. The minimum atomic E-state index is 0.200. The maximum absolute atomic E-state index is 8.89. The summed E-state index contributed by atoms with van der Waals surface area (Å²) in [6.07, 6.45) is 4.17. The van der Waals surface area contributed by atoms with E-state index in [0.29, 0.717) is 12.4 Å². The van der Waals surface area contributed by atoms with Crippen molar-refractivity contribution in [3.8, 4) is 11.9 Å². The average molecular weight is 256 g/mol. The molecule has 1 aliphatic rings. The van der Waals surface area contributed by atoms with Crippen molar-refractivity contribution in [2.45, 2.75) is 13.0 Å². The minimum Gasteiger partial charge on any atom is -0.479 e. The third-order valence-electron chi connectivity index (χ3n) is 3.13. The van der Waals surface area contributed by atoms with Crippen molar-refractivity contribution >= 4 is 5.82 Å². The van der Waals surface area contributed by atoms with Crippen LogP contribution in [0.2, 0.25) is 0 Å². The number of anilines is 1. The van der Waals surface area contributed by atoms with Gasteiger partial charge in [0, 0.05) is 13.0 Å². The minimum absolute atomic E-state index is 0.200. The first-order valence-electron chi connectivity index (χ1n) is 5.89. The number of hydrogen-bond acceptors (Lipinski definition) is 6. The Labute approximate surface area is 109 Å². The third-order valence-corrected chi connectivity index (χ3v) is 3.13. The maximum atomic E-state index is 8.89. The molecular weight excluding hydrogens is 244 g/mol. The number of fused-ring (bicyclic) bond motifs is 1. The van der Waals surface area contributed by atoms with Gasteiger partial charge in [0.1, 0.15) is 6.07 Å². The van der Waals surface area contributed by atoms with Crippen LogP contribution in [0.25, 0.3) is 0 Å². The third kappa shape index (κ3) is 1.97. The Balaban J connectivity index is 1.90. The molecule has 0 fully saturated rings. The van der Waals surface area contributed by atoms with Gasteiger partial charge in [-0.05, 0) is 0 Å². The lowest BCUT2D eigenvalue weighted by molar-refractivity contribution is 0.393. The van der Waals surface area contributed by atoms with Crippen molar-refractivity contribution in [2.24, 2.45) is 0 Å². The Morgan fingerprint density at radius 2 is 2.37 bits per heavy atom. The van der Waals surface area contributed by atoms with E-state index in [1.807, 2.05) is 6.07 Å². The van der Waals surface area contributed by atoms with Gasteiger partial charge in [-0.15, -0.1) is 0 Å². The van der Waals surface area contributed by atoms with Crippen LogP contribution < -0.4 is 9.64 Å². The molecule has 0 unspecified atom stereocenters. The van der Waals surface area contributed by atoms with Crippen molar-refractivity contribution in [3.63, 3.8) is 0 Å². The molecule has 0 aliphatic carbocycles. The predicted molar refractivity (Wildman–Crippen MR) is 66.6 cm³/mol. The molecule has 1 N–H and O–H groups in total. The van der Waals surface area contributed by atoms with Crippen LogP contribution in [-0.2, 0) is 13.0 Å². The molecule has 1 aliphatic heterocycles. The summed E-state index contributed by atoms with van der Waals surface area (Å²) in [4.78, 5) is 17.9. The van der Waals surface area contributed by atoms with Gasteiger partial charge in [0.15, 0.2) is 5.82 Å². The van der Waals surface area contributed by atoms with E-state index in [-0.39, 0.29) is 11.6 Å². The number of H-pyrrole nitrogens is 1. The first kappa shape index (κ1) is 11.5. The topological polar surface area (TPSA) is 90.7 Å². The number of aromatic amines is 1. The Morgan fingerprint density at radius 3 is 3.16 bits per heavy atom. The number of rotatable bonds is 2. The maximum Gasteiger partial charge on any atom is 0.252 e. The van der Waals surface area contributed by atoms with Crippen molar-refractivity contribution in [1.82, 2.24) is 19.9 Å². The van der Waals surface area contributed by atoms with E-state index in [9.17, 15) is 0 Å². The molecule has 2 aromatic heterocycles. The molecule has 19 heavy (non-hydrogen) atoms. The van der Waals surface area contributed by atoms with Crippen molar-refractivity contribution in [3.05, 3.63) is 29.6 Å². The first-order chi connectivity index (χ1) is 9.31. The molecule has 0 saturated heterocycles. The summed E-state index contributed by atoms with van der Waals surface area (Å²) in [5, 5.41) is 8.89. The van der Waals surface area contributed by atoms with Crippen LogP contribution in [0.15, 0.2) is 12.5 Å². The summed E-state index contributed by atoms with van der Waals surface area (Å²) in [6.45, 7) is 1.53. The normalized spacial score (nSPS) is 13.8. The molecular formula is C12H12N6O. The summed E-state index contributed by atoms with van der Waals surface area (Å²) in [5.74, 6) is 0.964. The highest BCUT2D eigenvalue weighted by molar-refractivity contribution is 5.44. The van der Waals surface area contributed by atoms with Gasteiger partial charge < -0.3 is 14.6 Å². The highest BCUT2D eigenvalue weighted by Gasteiger charge is 2.20. The Hall–Kier alpha value is -2.62. The SMILES string of the molecule is COc1nc(N2CCc3nc[nH]c3C2)cnc1C#N. The van der Waals surface area contributed by atoms with Crippen LogP contribution in [0.5, 0.6) is 5.88 Å². The van der Waals surface area contributed by atoms with E-state index in [1.54, 1.807) is 12.5 Å². The van der Waals surface area contributed by atoms with Gasteiger partial charge in [0.05, 0.1) is 37.6 Å². The Kier molecular flexibility index (Phi) is 2.76. The molecule has 3 heterocycles. The van der Waals surface area contributed by atoms with Crippen LogP contribution in [0.4, 0.5) is 5.82 Å². The van der Waals surface area contributed by atoms with E-state index >= 15 is 0 Å². The second-order valence-electron chi connectivity index (χ2n) is 4.20. The molecule has 0 spiro atoms. The van der Waals surface area contributed by atoms with E-state index in [4.69, 9.17) is 10.00 Å². The number of methoxy groups -OCH3 is 1. The number of ether oxygens (including phenoxy) is 1. The van der Waals surface area contributed by atoms with Crippen molar-refractivity contribution in [1.29, 1.82) is 5.26 Å². The second-order valence-corrected chi connectivity index (χ2v) is 4.20. The number of imidazole rings is 1. The molecule has 7 nitrogen and oxygen atoms in total. The fourth-order valence-corrected chi connectivity index (χ4v) is 2.14. The van der Waals surface area contributed by atoms with E-state index in [0.717, 1.165) is 24.4 Å². The predicted octanol–water partition coefficient (Wildman–Crippen LogP) is 0.643. The highest BCUT2D eigenvalue weighted by Crippen LogP contribution is 2.23. The zero-order chi connectivity index (χ0) is 13.2. The van der Waals surface area contributed by atoms with Crippen LogP contribution in [0.1, 0.15) is 17.1 Å². The van der Waals surface area contributed by atoms with Gasteiger partial charge in [0.2, 0.25) is 5.69 Å². The summed E-state index contributed by atoms with van der Waals surface area (Å²) < 4.78 is 5.08. The van der Waals surface area contributed by atoms with Gasteiger partial charge in [-0.25, -0.2) is 9.97 Å². The molecule has 7 heteroatoms. The largest absolute Gasteiger partial charge is 0.479 e. The summed E-state index contributed by atoms with van der Waals surface area (Å²) >= 11 is 0. The molecule has 0 atom stereocenters. The zero-order valence-corrected chi connectivity index (χ0v) is 10.4. The summed E-state index contributed by atoms with van der Waals surface area (Å²) in [6, 6.07) is 1.95. The molecule has 2 aromatic rings. The average Bonchev–Trinajstić information content (AvgIpc) is 2.93. The lowest BCUT2D eigenvalue weighted by Crippen LogP contribution is -2.31. The van der Waals surface area contributed by atoms with Crippen LogP contribution >= 0.6 is 0 Å². The molecule has 3 rings (SSSR count). The number of hydrogen-bond donors (Lipinski definition) is 1. The first-order valence-corrected chi connectivity index (χ1v) is 5.89. The number of aromatic nitrogens is 4. The summed E-state index contributed by atoms with van der Waals surface area (Å²) in [7, 11) is 1.48. The van der Waals surface area contributed by atoms with Gasteiger partial charge in [0.25, 0.3) is 5.88 Å². The number of nitriles is 1. The zero-order valence-electron chi connectivity index (χ0n) is 10.4. The molecule has 0 saturated carbocycles. The van der Waals surface area contributed by atoms with Gasteiger partial charge in [-0.3, -0.25) is 0 Å². The Morgan fingerprint density at radius 1 is 1.47 bits per heavy atom. The molecule has 0 radical (unpaired) electrons. The van der Waals surface area contributed by atoms with Crippen LogP contribution in [0, 0.1) is 11.3 Å². The molecule has 0 bridgehead atoms. The van der Waals surface area contributed by atoms with Gasteiger partial charge >= 0.3 is 0 Å².